The first-order valence-corrected chi connectivity index (χ1v) is 6.29. The molecule has 102 valence electrons. The third kappa shape index (κ3) is 2.64. The van der Waals surface area contributed by atoms with Crippen molar-refractivity contribution >= 4 is 17.4 Å². The van der Waals surface area contributed by atoms with Crippen molar-refractivity contribution in [3.05, 3.63) is 18.1 Å². The van der Waals surface area contributed by atoms with E-state index in [1.54, 1.807) is 4.52 Å². The molecule has 2 aromatic rings. The third-order valence-electron chi connectivity index (χ3n) is 3.09. The van der Waals surface area contributed by atoms with Gasteiger partial charge in [0.05, 0.1) is 5.84 Å². The number of aromatic nitrogens is 4. The fourth-order valence-electron chi connectivity index (χ4n) is 1.95. The first kappa shape index (κ1) is 13.3. The van der Waals surface area contributed by atoms with Gasteiger partial charge in [-0.1, -0.05) is 6.92 Å². The Labute approximate surface area is 112 Å². The van der Waals surface area contributed by atoms with Crippen molar-refractivity contribution < 1.29 is 0 Å². The third-order valence-corrected chi connectivity index (χ3v) is 3.09. The van der Waals surface area contributed by atoms with Crippen LogP contribution in [0, 0.1) is 18.3 Å². The number of nitrogens with one attached hydrogen (secondary N) is 1. The average Bonchev–Trinajstić information content (AvgIpc) is 2.82. The van der Waals surface area contributed by atoms with Crippen LogP contribution in [0.3, 0.4) is 0 Å². The maximum absolute atomic E-state index is 7.51. The summed E-state index contributed by atoms with van der Waals surface area (Å²) in [7, 11) is 0. The number of aryl methyl sites for hydroxylation is 1. The number of anilines is 1. The molecule has 0 radical (unpaired) electrons. The van der Waals surface area contributed by atoms with Crippen LogP contribution in [0.15, 0.2) is 12.4 Å². The van der Waals surface area contributed by atoms with Gasteiger partial charge in [0.2, 0.25) is 0 Å². The van der Waals surface area contributed by atoms with E-state index in [1.807, 2.05) is 19.9 Å². The Balaban J connectivity index is 2.39. The number of nitrogens with two attached hydrogens (primary N) is 1. The Kier molecular flexibility index (Phi) is 3.64. The number of amidine groups is 1. The Morgan fingerprint density at radius 3 is 2.95 bits per heavy atom. The summed E-state index contributed by atoms with van der Waals surface area (Å²) in [6, 6.07) is 1.97. The van der Waals surface area contributed by atoms with E-state index in [9.17, 15) is 0 Å². The maximum Gasteiger partial charge on any atom is 0.254 e. The zero-order valence-electron chi connectivity index (χ0n) is 11.5. The SMILES string of the molecule is CCN(CC(C)C(=N)N)c1cc(C)nc2ncnn12. The highest BCUT2D eigenvalue weighted by molar-refractivity contribution is 5.79. The van der Waals surface area contributed by atoms with E-state index < -0.39 is 0 Å². The summed E-state index contributed by atoms with van der Waals surface area (Å²) in [6.45, 7) is 7.41. The van der Waals surface area contributed by atoms with E-state index >= 15 is 0 Å². The topological polar surface area (TPSA) is 96.2 Å². The molecule has 7 heteroatoms. The molecule has 0 fully saturated rings. The van der Waals surface area contributed by atoms with Crippen molar-refractivity contribution in [3.8, 4) is 0 Å². The lowest BCUT2D eigenvalue weighted by Gasteiger charge is -2.26. The predicted molar refractivity (Wildman–Crippen MR) is 74.5 cm³/mol. The molecular formula is C12H19N7. The van der Waals surface area contributed by atoms with Gasteiger partial charge in [-0.15, -0.1) is 0 Å². The number of nitrogens with zero attached hydrogens (tertiary/aromatic N) is 5. The molecule has 0 aliphatic heterocycles. The highest BCUT2D eigenvalue weighted by Crippen LogP contribution is 2.17. The summed E-state index contributed by atoms with van der Waals surface area (Å²) in [6.07, 6.45) is 1.49. The Bertz CT molecular complexity index is 589. The zero-order chi connectivity index (χ0) is 14.0. The lowest BCUT2D eigenvalue weighted by atomic mass is 10.1. The van der Waals surface area contributed by atoms with Gasteiger partial charge in [0.25, 0.3) is 5.78 Å². The Hall–Kier alpha value is -2.18. The van der Waals surface area contributed by atoms with Gasteiger partial charge in [-0.3, -0.25) is 5.41 Å². The molecule has 0 aromatic carbocycles. The first-order chi connectivity index (χ1) is 9.02. The second kappa shape index (κ2) is 5.21. The second-order valence-electron chi connectivity index (χ2n) is 4.62. The maximum atomic E-state index is 7.51. The molecule has 0 bridgehead atoms. The monoisotopic (exact) mass is 261 g/mol. The van der Waals surface area contributed by atoms with Gasteiger partial charge in [-0.25, -0.2) is 4.98 Å². The number of fused-ring (bicyclic) bond motifs is 1. The smallest absolute Gasteiger partial charge is 0.254 e. The summed E-state index contributed by atoms with van der Waals surface area (Å²) in [5.74, 6) is 1.70. The summed E-state index contributed by atoms with van der Waals surface area (Å²) in [5.41, 5.74) is 6.44. The van der Waals surface area contributed by atoms with Crippen LogP contribution in [-0.2, 0) is 0 Å². The largest absolute Gasteiger partial charge is 0.387 e. The van der Waals surface area contributed by atoms with Crippen molar-refractivity contribution in [2.24, 2.45) is 11.7 Å². The molecule has 19 heavy (non-hydrogen) atoms. The quantitative estimate of drug-likeness (QED) is 0.614. The minimum Gasteiger partial charge on any atom is -0.387 e. The fraction of sp³-hybridized carbons (Fsp3) is 0.500. The van der Waals surface area contributed by atoms with E-state index in [0.717, 1.165) is 18.1 Å². The van der Waals surface area contributed by atoms with Crippen molar-refractivity contribution in [3.63, 3.8) is 0 Å². The van der Waals surface area contributed by atoms with E-state index in [-0.39, 0.29) is 11.8 Å². The normalized spacial score (nSPS) is 12.6. The number of rotatable bonds is 5. The minimum absolute atomic E-state index is 0.00741. The van der Waals surface area contributed by atoms with Crippen molar-refractivity contribution in [2.75, 3.05) is 18.0 Å². The van der Waals surface area contributed by atoms with E-state index in [2.05, 4.69) is 26.9 Å². The molecule has 0 saturated carbocycles. The summed E-state index contributed by atoms with van der Waals surface area (Å²) < 4.78 is 1.71. The lowest BCUT2D eigenvalue weighted by molar-refractivity contribution is 0.678. The molecule has 0 aliphatic carbocycles. The van der Waals surface area contributed by atoms with Gasteiger partial charge in [0, 0.05) is 30.8 Å². The molecule has 0 spiro atoms. The van der Waals surface area contributed by atoms with E-state index in [4.69, 9.17) is 11.1 Å². The molecule has 1 atom stereocenters. The van der Waals surface area contributed by atoms with E-state index in [1.165, 1.54) is 6.33 Å². The average molecular weight is 261 g/mol. The van der Waals surface area contributed by atoms with Gasteiger partial charge < -0.3 is 10.6 Å². The van der Waals surface area contributed by atoms with Crippen LogP contribution in [0.4, 0.5) is 5.82 Å². The number of hydrogen-bond acceptors (Lipinski definition) is 5. The van der Waals surface area contributed by atoms with Crippen LogP contribution in [0.5, 0.6) is 0 Å². The van der Waals surface area contributed by atoms with Crippen LogP contribution in [0.25, 0.3) is 5.78 Å². The highest BCUT2D eigenvalue weighted by atomic mass is 15.4. The predicted octanol–water partition coefficient (Wildman–Crippen LogP) is 0.831. The summed E-state index contributed by atoms with van der Waals surface area (Å²) >= 11 is 0. The standard InChI is InChI=1S/C12H19N7/c1-4-18(6-8(2)11(13)14)10-5-9(3)17-12-15-7-16-19(10)12/h5,7-8H,4,6H2,1-3H3,(H3,13,14). The number of hydrogen-bond donors (Lipinski definition) is 2. The molecule has 0 aliphatic rings. The van der Waals surface area contributed by atoms with Gasteiger partial charge in [-0.2, -0.15) is 14.6 Å². The van der Waals surface area contributed by atoms with Crippen LogP contribution in [0.1, 0.15) is 19.5 Å². The molecule has 7 nitrogen and oxygen atoms in total. The second-order valence-corrected chi connectivity index (χ2v) is 4.62. The van der Waals surface area contributed by atoms with Gasteiger partial charge in [0.1, 0.15) is 12.1 Å². The summed E-state index contributed by atoms with van der Waals surface area (Å²) in [5, 5.41) is 11.7. The Morgan fingerprint density at radius 1 is 1.58 bits per heavy atom. The Morgan fingerprint density at radius 2 is 2.32 bits per heavy atom. The van der Waals surface area contributed by atoms with Gasteiger partial charge in [-0.05, 0) is 13.8 Å². The van der Waals surface area contributed by atoms with Crippen molar-refractivity contribution in [1.29, 1.82) is 5.41 Å². The minimum atomic E-state index is -0.00741. The highest BCUT2D eigenvalue weighted by Gasteiger charge is 2.16. The van der Waals surface area contributed by atoms with Crippen LogP contribution < -0.4 is 10.6 Å². The molecule has 3 N–H and O–H groups in total. The molecule has 1 unspecified atom stereocenters. The molecule has 0 amide bonds. The molecule has 2 rings (SSSR count). The lowest BCUT2D eigenvalue weighted by Crippen LogP contribution is -2.35. The van der Waals surface area contributed by atoms with Crippen molar-refractivity contribution in [1.82, 2.24) is 19.6 Å². The van der Waals surface area contributed by atoms with Crippen molar-refractivity contribution in [2.45, 2.75) is 20.8 Å². The fourth-order valence-corrected chi connectivity index (χ4v) is 1.95. The zero-order valence-corrected chi connectivity index (χ0v) is 11.5. The van der Waals surface area contributed by atoms with Crippen LogP contribution in [-0.4, -0.2) is 38.5 Å². The van der Waals surface area contributed by atoms with Crippen LogP contribution >= 0.6 is 0 Å². The first-order valence-electron chi connectivity index (χ1n) is 6.29. The summed E-state index contributed by atoms with van der Waals surface area (Å²) in [4.78, 5) is 10.6. The molecule has 0 saturated heterocycles. The van der Waals surface area contributed by atoms with Crippen LogP contribution in [0.2, 0.25) is 0 Å². The molecule has 2 heterocycles. The van der Waals surface area contributed by atoms with E-state index in [0.29, 0.717) is 12.3 Å². The molecular weight excluding hydrogens is 242 g/mol. The van der Waals surface area contributed by atoms with Gasteiger partial charge in [0.15, 0.2) is 0 Å². The van der Waals surface area contributed by atoms with Gasteiger partial charge >= 0.3 is 0 Å². The molecule has 2 aromatic heterocycles.